The van der Waals surface area contributed by atoms with Crippen molar-refractivity contribution >= 4 is 5.91 Å². The number of hydrogen-bond acceptors (Lipinski definition) is 2. The molecule has 2 rings (SSSR count). The van der Waals surface area contributed by atoms with E-state index in [2.05, 4.69) is 5.32 Å². The van der Waals surface area contributed by atoms with Crippen molar-refractivity contribution in [1.82, 2.24) is 5.32 Å². The topological polar surface area (TPSA) is 55.1 Å². The fraction of sp³-hybridized carbons (Fsp3) is 0.462. The number of halogens is 2. The molecule has 1 saturated carbocycles. The molecule has 0 bridgehead atoms. The first kappa shape index (κ1) is 13.0. The molecule has 0 unspecified atom stereocenters. The van der Waals surface area contributed by atoms with Crippen LogP contribution < -0.4 is 11.1 Å². The standard InChI is InChI=1S/C13H16F2N2O/c14-10-2-1-8(12(15)7-10)3-4-17-13(18)9-5-11(16)6-9/h1-2,7,9,11H,3-6,16H2,(H,17,18). The molecule has 0 spiro atoms. The van der Waals surface area contributed by atoms with E-state index >= 15 is 0 Å². The lowest BCUT2D eigenvalue weighted by molar-refractivity contribution is -0.127. The van der Waals surface area contributed by atoms with E-state index in [1.807, 2.05) is 0 Å². The minimum absolute atomic E-state index is 0.00179. The smallest absolute Gasteiger partial charge is 0.223 e. The highest BCUT2D eigenvalue weighted by atomic mass is 19.1. The van der Waals surface area contributed by atoms with Gasteiger partial charge in [0.15, 0.2) is 0 Å². The Morgan fingerprint density at radius 1 is 1.39 bits per heavy atom. The molecule has 18 heavy (non-hydrogen) atoms. The van der Waals surface area contributed by atoms with Gasteiger partial charge in [-0.25, -0.2) is 8.78 Å². The van der Waals surface area contributed by atoms with Crippen LogP contribution in [0.25, 0.3) is 0 Å². The summed E-state index contributed by atoms with van der Waals surface area (Å²) in [6.07, 6.45) is 1.80. The van der Waals surface area contributed by atoms with Crippen molar-refractivity contribution in [2.45, 2.75) is 25.3 Å². The fourth-order valence-electron chi connectivity index (χ4n) is 2.07. The van der Waals surface area contributed by atoms with Gasteiger partial charge >= 0.3 is 0 Å². The maximum atomic E-state index is 13.3. The summed E-state index contributed by atoms with van der Waals surface area (Å²) in [5, 5.41) is 2.74. The molecule has 1 aliphatic rings. The van der Waals surface area contributed by atoms with Crippen molar-refractivity contribution in [3.8, 4) is 0 Å². The number of rotatable bonds is 4. The van der Waals surface area contributed by atoms with Gasteiger partial charge < -0.3 is 11.1 Å². The number of hydrogen-bond donors (Lipinski definition) is 2. The van der Waals surface area contributed by atoms with E-state index in [1.165, 1.54) is 12.1 Å². The zero-order chi connectivity index (χ0) is 13.1. The van der Waals surface area contributed by atoms with Crippen LogP contribution in [0.2, 0.25) is 0 Å². The summed E-state index contributed by atoms with van der Waals surface area (Å²) in [6.45, 7) is 0.354. The van der Waals surface area contributed by atoms with Gasteiger partial charge in [-0.05, 0) is 30.9 Å². The molecule has 1 fully saturated rings. The first-order chi connectivity index (χ1) is 8.56. The van der Waals surface area contributed by atoms with Gasteiger partial charge in [-0.1, -0.05) is 6.07 Å². The van der Waals surface area contributed by atoms with E-state index in [-0.39, 0.29) is 17.9 Å². The van der Waals surface area contributed by atoms with Crippen LogP contribution in [0.1, 0.15) is 18.4 Å². The highest BCUT2D eigenvalue weighted by Crippen LogP contribution is 2.25. The second kappa shape index (κ2) is 5.44. The summed E-state index contributed by atoms with van der Waals surface area (Å²) in [5.41, 5.74) is 6.00. The minimum atomic E-state index is -0.594. The van der Waals surface area contributed by atoms with Gasteiger partial charge in [-0.15, -0.1) is 0 Å². The van der Waals surface area contributed by atoms with Crippen molar-refractivity contribution < 1.29 is 13.6 Å². The molecule has 0 aliphatic heterocycles. The normalized spacial score (nSPS) is 22.4. The highest BCUT2D eigenvalue weighted by molar-refractivity contribution is 5.79. The summed E-state index contributed by atoms with van der Waals surface area (Å²) >= 11 is 0. The van der Waals surface area contributed by atoms with Crippen LogP contribution in [-0.2, 0) is 11.2 Å². The van der Waals surface area contributed by atoms with Crippen molar-refractivity contribution in [3.63, 3.8) is 0 Å². The Balaban J connectivity index is 1.76. The second-order valence-corrected chi connectivity index (χ2v) is 4.71. The van der Waals surface area contributed by atoms with Crippen LogP contribution in [0, 0.1) is 17.6 Å². The van der Waals surface area contributed by atoms with Gasteiger partial charge in [0, 0.05) is 24.6 Å². The van der Waals surface area contributed by atoms with Gasteiger partial charge in [0.25, 0.3) is 0 Å². The summed E-state index contributed by atoms with van der Waals surface area (Å²) in [6, 6.07) is 3.60. The average molecular weight is 254 g/mol. The predicted molar refractivity (Wildman–Crippen MR) is 63.8 cm³/mol. The molecule has 5 heteroatoms. The Kier molecular flexibility index (Phi) is 3.91. The summed E-state index contributed by atoms with van der Waals surface area (Å²) in [5.74, 6) is -1.20. The molecular weight excluding hydrogens is 238 g/mol. The van der Waals surface area contributed by atoms with E-state index in [9.17, 15) is 13.6 Å². The fourth-order valence-corrected chi connectivity index (χ4v) is 2.07. The molecule has 98 valence electrons. The minimum Gasteiger partial charge on any atom is -0.356 e. The van der Waals surface area contributed by atoms with Gasteiger partial charge in [0.2, 0.25) is 5.91 Å². The molecule has 0 atom stereocenters. The number of benzene rings is 1. The Morgan fingerprint density at radius 3 is 2.72 bits per heavy atom. The first-order valence-corrected chi connectivity index (χ1v) is 6.03. The van der Waals surface area contributed by atoms with E-state index < -0.39 is 11.6 Å². The molecule has 0 heterocycles. The van der Waals surface area contributed by atoms with Crippen LogP contribution in [0.4, 0.5) is 8.78 Å². The van der Waals surface area contributed by atoms with Gasteiger partial charge in [-0.3, -0.25) is 4.79 Å². The molecule has 0 aromatic heterocycles. The zero-order valence-corrected chi connectivity index (χ0v) is 9.96. The predicted octanol–water partition coefficient (Wildman–Crippen LogP) is 1.36. The van der Waals surface area contributed by atoms with Gasteiger partial charge in [0.05, 0.1) is 0 Å². The first-order valence-electron chi connectivity index (χ1n) is 6.03. The monoisotopic (exact) mass is 254 g/mol. The lowest BCUT2D eigenvalue weighted by Gasteiger charge is -2.31. The van der Waals surface area contributed by atoms with Crippen molar-refractivity contribution in [1.29, 1.82) is 0 Å². The molecule has 3 nitrogen and oxygen atoms in total. The summed E-state index contributed by atoms with van der Waals surface area (Å²) in [7, 11) is 0. The van der Waals surface area contributed by atoms with Crippen molar-refractivity contribution in [3.05, 3.63) is 35.4 Å². The third-order valence-electron chi connectivity index (χ3n) is 3.25. The Labute approximate surface area is 104 Å². The third kappa shape index (κ3) is 3.04. The Bertz CT molecular complexity index is 445. The molecule has 0 radical (unpaired) electrons. The van der Waals surface area contributed by atoms with Crippen molar-refractivity contribution in [2.24, 2.45) is 11.7 Å². The van der Waals surface area contributed by atoms with E-state index in [1.54, 1.807) is 0 Å². The van der Waals surface area contributed by atoms with Crippen LogP contribution in [0.5, 0.6) is 0 Å². The van der Waals surface area contributed by atoms with Crippen molar-refractivity contribution in [2.75, 3.05) is 6.54 Å². The van der Waals surface area contributed by atoms with Gasteiger partial charge in [-0.2, -0.15) is 0 Å². The quantitative estimate of drug-likeness (QED) is 0.852. The van der Waals surface area contributed by atoms with Crippen LogP contribution in [0.3, 0.4) is 0 Å². The molecule has 1 aliphatic carbocycles. The van der Waals surface area contributed by atoms with Crippen LogP contribution in [-0.4, -0.2) is 18.5 Å². The zero-order valence-electron chi connectivity index (χ0n) is 9.96. The maximum absolute atomic E-state index is 13.3. The Morgan fingerprint density at radius 2 is 2.11 bits per heavy atom. The summed E-state index contributed by atoms with van der Waals surface area (Å²) < 4.78 is 26.0. The molecule has 0 saturated heterocycles. The number of nitrogens with one attached hydrogen (secondary N) is 1. The number of amides is 1. The number of nitrogens with two attached hydrogens (primary N) is 1. The largest absolute Gasteiger partial charge is 0.356 e. The van der Waals surface area contributed by atoms with E-state index in [0.717, 1.165) is 18.9 Å². The Hall–Kier alpha value is -1.49. The molecule has 1 aromatic carbocycles. The molecule has 1 aromatic rings. The molecular formula is C13H16F2N2O. The molecule has 1 amide bonds. The lowest BCUT2D eigenvalue weighted by Crippen LogP contribution is -2.45. The highest BCUT2D eigenvalue weighted by Gasteiger charge is 2.31. The van der Waals surface area contributed by atoms with E-state index in [0.29, 0.717) is 18.5 Å². The van der Waals surface area contributed by atoms with E-state index in [4.69, 9.17) is 5.73 Å². The third-order valence-corrected chi connectivity index (χ3v) is 3.25. The summed E-state index contributed by atoms with van der Waals surface area (Å²) in [4.78, 5) is 11.6. The number of carbonyl (C=O) groups excluding carboxylic acids is 1. The average Bonchev–Trinajstić information content (AvgIpc) is 2.27. The lowest BCUT2D eigenvalue weighted by atomic mass is 9.80. The second-order valence-electron chi connectivity index (χ2n) is 4.71. The molecule has 3 N–H and O–H groups in total. The van der Waals surface area contributed by atoms with Crippen LogP contribution in [0.15, 0.2) is 18.2 Å². The maximum Gasteiger partial charge on any atom is 0.223 e. The van der Waals surface area contributed by atoms with Crippen LogP contribution >= 0.6 is 0 Å². The number of carbonyl (C=O) groups is 1. The van der Waals surface area contributed by atoms with Gasteiger partial charge in [0.1, 0.15) is 11.6 Å². The SMILES string of the molecule is NC1CC(C(=O)NCCc2ccc(F)cc2F)C1.